The van der Waals surface area contributed by atoms with Gasteiger partial charge in [0.25, 0.3) is 0 Å². The normalized spacial score (nSPS) is 17.8. The molecule has 0 aliphatic carbocycles. The van der Waals surface area contributed by atoms with E-state index < -0.39 is 0 Å². The van der Waals surface area contributed by atoms with Crippen molar-refractivity contribution in [2.24, 2.45) is 0 Å². The fourth-order valence-corrected chi connectivity index (χ4v) is 5.47. The summed E-state index contributed by atoms with van der Waals surface area (Å²) in [7, 11) is 0. The van der Waals surface area contributed by atoms with Crippen molar-refractivity contribution in [3.63, 3.8) is 0 Å². The van der Waals surface area contributed by atoms with Crippen LogP contribution in [0.3, 0.4) is 0 Å². The van der Waals surface area contributed by atoms with E-state index in [0.29, 0.717) is 5.11 Å². The highest BCUT2D eigenvalue weighted by molar-refractivity contribution is 7.80. The minimum atomic E-state index is -0.0942. The predicted molar refractivity (Wildman–Crippen MR) is 141 cm³/mol. The second-order valence-corrected chi connectivity index (χ2v) is 9.41. The van der Waals surface area contributed by atoms with E-state index >= 15 is 0 Å². The average Bonchev–Trinajstić information content (AvgIpc) is 3.30. The highest BCUT2D eigenvalue weighted by atomic mass is 32.1. The molecule has 3 heterocycles. The van der Waals surface area contributed by atoms with Crippen molar-refractivity contribution in [2.45, 2.75) is 39.8 Å². The lowest BCUT2D eigenvalue weighted by atomic mass is 9.96. The van der Waals surface area contributed by atoms with Crippen LogP contribution in [0.25, 0.3) is 5.69 Å². The van der Waals surface area contributed by atoms with E-state index in [2.05, 4.69) is 77.8 Å². The number of benzene rings is 2. The zero-order valence-electron chi connectivity index (χ0n) is 19.8. The lowest BCUT2D eigenvalue weighted by Crippen LogP contribution is -2.29. The van der Waals surface area contributed by atoms with Gasteiger partial charge in [0.2, 0.25) is 0 Å². The minimum Gasteiger partial charge on any atom is -0.508 e. The quantitative estimate of drug-likeness (QED) is 0.361. The molecule has 2 aromatic carbocycles. The molecule has 6 heteroatoms. The van der Waals surface area contributed by atoms with Crippen molar-refractivity contribution >= 4 is 23.0 Å². The molecule has 0 saturated carbocycles. The van der Waals surface area contributed by atoms with Gasteiger partial charge in [-0.3, -0.25) is 4.98 Å². The SMILES string of the molecule is Cc1cc(C)cc(N2C(=S)N[C@@H](c3ccccn3)[C@H]2c2cc(C)n(-c3ccc(O)cc3)c2C)c1. The third-order valence-electron chi connectivity index (χ3n) is 6.48. The first-order chi connectivity index (χ1) is 16.3. The number of aryl methyl sites for hydroxylation is 3. The Morgan fingerprint density at radius 1 is 0.882 bits per heavy atom. The molecule has 0 radical (unpaired) electrons. The molecule has 2 atom stereocenters. The molecule has 34 heavy (non-hydrogen) atoms. The van der Waals surface area contributed by atoms with E-state index in [1.165, 1.54) is 16.7 Å². The van der Waals surface area contributed by atoms with Crippen molar-refractivity contribution in [2.75, 3.05) is 4.90 Å². The number of phenolic OH excluding ortho intramolecular Hbond substituents is 1. The molecule has 0 bridgehead atoms. The maximum absolute atomic E-state index is 9.77. The van der Waals surface area contributed by atoms with Gasteiger partial charge in [-0.25, -0.2) is 0 Å². The molecular formula is C28H28N4OS. The Bertz CT molecular complexity index is 1340. The summed E-state index contributed by atoms with van der Waals surface area (Å²) in [5, 5.41) is 14.0. The van der Waals surface area contributed by atoms with Crippen LogP contribution in [0.4, 0.5) is 5.69 Å². The highest BCUT2D eigenvalue weighted by Gasteiger charge is 2.42. The molecule has 0 spiro atoms. The monoisotopic (exact) mass is 468 g/mol. The molecule has 1 aliphatic heterocycles. The smallest absolute Gasteiger partial charge is 0.174 e. The molecule has 2 N–H and O–H groups in total. The Balaban J connectivity index is 1.69. The van der Waals surface area contributed by atoms with Gasteiger partial charge < -0.3 is 19.9 Å². The number of hydrogen-bond acceptors (Lipinski definition) is 3. The molecule has 1 aliphatic rings. The van der Waals surface area contributed by atoms with Crippen LogP contribution in [0.15, 0.2) is 72.9 Å². The van der Waals surface area contributed by atoms with Gasteiger partial charge in [-0.15, -0.1) is 0 Å². The molecule has 1 saturated heterocycles. The van der Waals surface area contributed by atoms with Crippen molar-refractivity contribution in [3.05, 3.63) is 107 Å². The summed E-state index contributed by atoms with van der Waals surface area (Å²) in [6.07, 6.45) is 1.83. The van der Waals surface area contributed by atoms with Crippen molar-refractivity contribution in [1.29, 1.82) is 0 Å². The number of aromatic hydroxyl groups is 1. The molecule has 0 amide bonds. The number of thiocarbonyl (C=S) groups is 1. The third kappa shape index (κ3) is 3.84. The molecule has 5 rings (SSSR count). The van der Waals surface area contributed by atoms with Crippen LogP contribution in [0.2, 0.25) is 0 Å². The van der Waals surface area contributed by atoms with E-state index in [9.17, 15) is 5.11 Å². The molecule has 5 nitrogen and oxygen atoms in total. The zero-order chi connectivity index (χ0) is 24.0. The van der Waals surface area contributed by atoms with Crippen molar-refractivity contribution in [3.8, 4) is 11.4 Å². The molecule has 1 fully saturated rings. The topological polar surface area (TPSA) is 53.3 Å². The fraction of sp³-hybridized carbons (Fsp3) is 0.214. The Morgan fingerprint density at radius 3 is 2.24 bits per heavy atom. The van der Waals surface area contributed by atoms with E-state index in [4.69, 9.17) is 12.2 Å². The van der Waals surface area contributed by atoms with Gasteiger partial charge in [0.15, 0.2) is 5.11 Å². The number of phenols is 1. The number of anilines is 1. The molecule has 4 aromatic rings. The Kier molecular flexibility index (Phi) is 5.62. The average molecular weight is 469 g/mol. The molecule has 172 valence electrons. The van der Waals surface area contributed by atoms with Crippen LogP contribution < -0.4 is 10.2 Å². The zero-order valence-corrected chi connectivity index (χ0v) is 20.6. The summed E-state index contributed by atoms with van der Waals surface area (Å²) < 4.78 is 2.23. The summed E-state index contributed by atoms with van der Waals surface area (Å²) >= 11 is 5.91. The van der Waals surface area contributed by atoms with E-state index in [1.807, 2.05) is 30.5 Å². The Hall–Kier alpha value is -3.64. The Labute approximate surface area is 205 Å². The largest absolute Gasteiger partial charge is 0.508 e. The van der Waals surface area contributed by atoms with Crippen molar-refractivity contribution < 1.29 is 5.11 Å². The summed E-state index contributed by atoms with van der Waals surface area (Å²) in [4.78, 5) is 6.91. The second-order valence-electron chi connectivity index (χ2n) is 9.02. The standard InChI is InChI=1S/C28H28N4OS/c1-17-13-18(2)15-22(14-17)32-27(26(30-28(32)34)25-7-5-6-12-29-25)24-16-19(3)31(20(24)4)21-8-10-23(33)11-9-21/h5-16,26-27,33H,1-4H3,(H,30,34)/t26-,27+/m0/s1. The fourth-order valence-electron chi connectivity index (χ4n) is 5.12. The van der Waals surface area contributed by atoms with Crippen LogP contribution >= 0.6 is 12.2 Å². The molecule has 2 aromatic heterocycles. The summed E-state index contributed by atoms with van der Waals surface area (Å²) in [6.45, 7) is 8.49. The lowest BCUT2D eigenvalue weighted by Gasteiger charge is -2.29. The Morgan fingerprint density at radius 2 is 1.59 bits per heavy atom. The first-order valence-corrected chi connectivity index (χ1v) is 11.8. The minimum absolute atomic E-state index is 0.0688. The summed E-state index contributed by atoms with van der Waals surface area (Å²) in [6, 6.07) is 22.0. The summed E-state index contributed by atoms with van der Waals surface area (Å²) in [5.74, 6) is 0.257. The maximum atomic E-state index is 9.77. The van der Waals surface area contributed by atoms with Gasteiger partial charge in [0, 0.05) is 29.0 Å². The first-order valence-electron chi connectivity index (χ1n) is 11.4. The van der Waals surface area contributed by atoms with Gasteiger partial charge in [-0.1, -0.05) is 12.1 Å². The van der Waals surface area contributed by atoms with Gasteiger partial charge in [0.1, 0.15) is 5.75 Å². The first kappa shape index (κ1) is 22.2. The van der Waals surface area contributed by atoms with Crippen LogP contribution in [-0.4, -0.2) is 19.8 Å². The van der Waals surface area contributed by atoms with E-state index in [-0.39, 0.29) is 17.8 Å². The number of nitrogens with one attached hydrogen (secondary N) is 1. The number of aromatic nitrogens is 2. The van der Waals surface area contributed by atoms with Gasteiger partial charge in [-0.2, -0.15) is 0 Å². The number of rotatable bonds is 4. The third-order valence-corrected chi connectivity index (χ3v) is 6.79. The highest BCUT2D eigenvalue weighted by Crippen LogP contribution is 2.44. The van der Waals surface area contributed by atoms with E-state index in [0.717, 1.165) is 28.5 Å². The van der Waals surface area contributed by atoms with E-state index in [1.54, 1.807) is 12.1 Å². The second kappa shape index (κ2) is 8.61. The molecular weight excluding hydrogens is 440 g/mol. The number of nitrogens with zero attached hydrogens (tertiary/aromatic N) is 3. The predicted octanol–water partition coefficient (Wildman–Crippen LogP) is 5.99. The molecule has 0 unspecified atom stereocenters. The number of hydrogen-bond donors (Lipinski definition) is 2. The summed E-state index contributed by atoms with van der Waals surface area (Å²) in [5.41, 5.74) is 8.89. The van der Waals surface area contributed by atoms with Gasteiger partial charge in [-0.05, 0) is 111 Å². The number of pyridine rings is 1. The van der Waals surface area contributed by atoms with Crippen molar-refractivity contribution in [1.82, 2.24) is 14.9 Å². The van der Waals surface area contributed by atoms with Gasteiger partial charge in [0.05, 0.1) is 17.8 Å². The van der Waals surface area contributed by atoms with Crippen LogP contribution in [0.1, 0.15) is 45.9 Å². The van der Waals surface area contributed by atoms with Crippen LogP contribution in [-0.2, 0) is 0 Å². The maximum Gasteiger partial charge on any atom is 0.174 e. The van der Waals surface area contributed by atoms with Crippen LogP contribution in [0, 0.1) is 27.7 Å². The lowest BCUT2D eigenvalue weighted by molar-refractivity contribution is 0.475. The van der Waals surface area contributed by atoms with Crippen LogP contribution in [0.5, 0.6) is 5.75 Å². The van der Waals surface area contributed by atoms with Gasteiger partial charge >= 0.3 is 0 Å².